The third kappa shape index (κ3) is 4.79. The van der Waals surface area contributed by atoms with Gasteiger partial charge in [-0.2, -0.15) is 0 Å². The van der Waals surface area contributed by atoms with E-state index in [1.165, 1.54) is 31.4 Å². The number of anilines is 1. The lowest BCUT2D eigenvalue weighted by atomic mass is 10.1. The molecule has 1 saturated heterocycles. The number of halogens is 2. The molecule has 0 saturated carbocycles. The largest absolute Gasteiger partial charge is 0.493 e. The van der Waals surface area contributed by atoms with Crippen LogP contribution in [0.4, 0.5) is 5.69 Å². The number of benzene rings is 2. The molecular formula is C20H14Cl2N2O6S. The summed E-state index contributed by atoms with van der Waals surface area (Å²) in [5.41, 5.74) is 0.457. The van der Waals surface area contributed by atoms with E-state index in [9.17, 15) is 14.4 Å². The van der Waals surface area contributed by atoms with Gasteiger partial charge in [-0.15, -0.1) is 0 Å². The summed E-state index contributed by atoms with van der Waals surface area (Å²) in [6.45, 7) is -0.551. The smallest absolute Gasteiger partial charge is 0.341 e. The molecule has 0 spiro atoms. The summed E-state index contributed by atoms with van der Waals surface area (Å²) in [6.07, 6.45) is 1.34. The van der Waals surface area contributed by atoms with Crippen LogP contribution >= 0.6 is 35.4 Å². The van der Waals surface area contributed by atoms with E-state index in [4.69, 9.17) is 50.0 Å². The molecule has 0 aromatic heterocycles. The molecule has 160 valence electrons. The maximum Gasteiger partial charge on any atom is 0.341 e. The van der Waals surface area contributed by atoms with Gasteiger partial charge in [0.1, 0.15) is 5.57 Å². The summed E-state index contributed by atoms with van der Waals surface area (Å²) in [7, 11) is 1.37. The van der Waals surface area contributed by atoms with E-state index in [2.05, 4.69) is 5.32 Å². The van der Waals surface area contributed by atoms with Gasteiger partial charge in [0.15, 0.2) is 23.2 Å². The van der Waals surface area contributed by atoms with Crippen molar-refractivity contribution < 1.29 is 29.0 Å². The third-order valence-corrected chi connectivity index (χ3v) is 5.22. The highest BCUT2D eigenvalue weighted by atomic mass is 35.5. The maximum absolute atomic E-state index is 13.1. The number of carbonyl (C=O) groups excluding carboxylic acids is 2. The summed E-state index contributed by atoms with van der Waals surface area (Å²) in [5.74, 6) is -2.10. The molecule has 1 aliphatic rings. The number of hydrogen-bond acceptors (Lipinski definition) is 6. The Morgan fingerprint density at radius 3 is 2.65 bits per heavy atom. The van der Waals surface area contributed by atoms with Crippen LogP contribution in [0.3, 0.4) is 0 Å². The van der Waals surface area contributed by atoms with Gasteiger partial charge in [-0.05, 0) is 48.1 Å². The number of aliphatic carboxylic acids is 1. The van der Waals surface area contributed by atoms with E-state index in [0.717, 1.165) is 4.90 Å². The molecule has 1 fully saturated rings. The van der Waals surface area contributed by atoms with E-state index in [1.807, 2.05) is 0 Å². The second-order valence-corrected chi connectivity index (χ2v) is 7.30. The molecule has 8 nitrogen and oxygen atoms in total. The molecule has 11 heteroatoms. The lowest BCUT2D eigenvalue weighted by Crippen LogP contribution is -2.54. The topological polar surface area (TPSA) is 105 Å². The average molecular weight is 481 g/mol. The van der Waals surface area contributed by atoms with Gasteiger partial charge in [0, 0.05) is 0 Å². The highest BCUT2D eigenvalue weighted by molar-refractivity contribution is 7.80. The van der Waals surface area contributed by atoms with Crippen LogP contribution < -0.4 is 19.7 Å². The van der Waals surface area contributed by atoms with Crippen LogP contribution in [-0.4, -0.2) is 41.7 Å². The van der Waals surface area contributed by atoms with Crippen molar-refractivity contribution in [2.75, 3.05) is 18.6 Å². The zero-order valence-corrected chi connectivity index (χ0v) is 18.2. The van der Waals surface area contributed by atoms with E-state index in [1.54, 1.807) is 18.2 Å². The third-order valence-electron chi connectivity index (χ3n) is 4.12. The van der Waals surface area contributed by atoms with E-state index in [-0.39, 0.29) is 37.9 Å². The van der Waals surface area contributed by atoms with Gasteiger partial charge in [0.25, 0.3) is 11.8 Å². The quantitative estimate of drug-likeness (QED) is 0.371. The van der Waals surface area contributed by atoms with Gasteiger partial charge in [0.2, 0.25) is 0 Å². The van der Waals surface area contributed by atoms with Gasteiger partial charge in [-0.25, -0.2) is 4.79 Å². The lowest BCUT2D eigenvalue weighted by Gasteiger charge is -2.29. The molecule has 0 atom stereocenters. The molecule has 1 aliphatic heterocycles. The molecule has 0 bridgehead atoms. The average Bonchev–Trinajstić information content (AvgIpc) is 2.72. The van der Waals surface area contributed by atoms with Gasteiger partial charge in [-0.1, -0.05) is 35.3 Å². The minimum atomic E-state index is -1.14. The van der Waals surface area contributed by atoms with Crippen LogP contribution in [0.5, 0.6) is 11.5 Å². The number of carboxylic acids is 1. The summed E-state index contributed by atoms with van der Waals surface area (Å²) in [6, 6.07) is 9.20. The van der Waals surface area contributed by atoms with Crippen molar-refractivity contribution in [1.82, 2.24) is 5.32 Å². The van der Waals surface area contributed by atoms with Crippen molar-refractivity contribution in [2.45, 2.75) is 0 Å². The molecule has 2 aromatic carbocycles. The first-order valence-corrected chi connectivity index (χ1v) is 9.77. The lowest BCUT2D eigenvalue weighted by molar-refractivity contribution is -0.139. The summed E-state index contributed by atoms with van der Waals surface area (Å²) in [5, 5.41) is 11.4. The molecule has 2 aromatic rings. The Bertz CT molecular complexity index is 1130. The molecule has 0 radical (unpaired) electrons. The summed E-state index contributed by atoms with van der Waals surface area (Å²) in [4.78, 5) is 37.3. The van der Waals surface area contributed by atoms with Crippen LogP contribution in [0.25, 0.3) is 6.08 Å². The van der Waals surface area contributed by atoms with Gasteiger partial charge in [0.05, 0.1) is 22.8 Å². The van der Waals surface area contributed by atoms with Crippen LogP contribution in [0.1, 0.15) is 5.56 Å². The van der Waals surface area contributed by atoms with Gasteiger partial charge < -0.3 is 14.6 Å². The Labute approximate surface area is 191 Å². The number of ether oxygens (including phenoxy) is 2. The fourth-order valence-corrected chi connectivity index (χ4v) is 3.39. The van der Waals surface area contributed by atoms with Gasteiger partial charge >= 0.3 is 5.97 Å². The molecule has 3 rings (SSSR count). The zero-order chi connectivity index (χ0) is 22.7. The van der Waals surface area contributed by atoms with Crippen LogP contribution in [0.2, 0.25) is 10.0 Å². The number of nitrogens with zero attached hydrogens (tertiary/aromatic N) is 1. The van der Waals surface area contributed by atoms with Crippen molar-refractivity contribution in [3.8, 4) is 11.5 Å². The monoisotopic (exact) mass is 480 g/mol. The second kappa shape index (κ2) is 9.34. The van der Waals surface area contributed by atoms with Crippen molar-refractivity contribution >= 4 is 70.1 Å². The Morgan fingerprint density at radius 1 is 1.23 bits per heavy atom. The number of rotatable bonds is 6. The minimum absolute atomic E-state index is 0.108. The molecule has 1 heterocycles. The first kappa shape index (κ1) is 22.5. The molecular weight excluding hydrogens is 467 g/mol. The molecule has 31 heavy (non-hydrogen) atoms. The number of amides is 2. The minimum Gasteiger partial charge on any atom is -0.493 e. The standard InChI is InChI=1S/C20H14Cl2N2O6S/c1-29-15-8-10(5-6-14(15)30-9-16(25)26)7-11-18(27)23-20(31)24(19(11)28)13-4-2-3-12(21)17(13)22/h2-8H,9H2,1H3,(H,25,26)(H,23,27,31)/b11-7-. The number of hydrogen-bond donors (Lipinski definition) is 2. The fourth-order valence-electron chi connectivity index (χ4n) is 2.74. The van der Waals surface area contributed by atoms with E-state index >= 15 is 0 Å². The number of methoxy groups -OCH3 is 1. The van der Waals surface area contributed by atoms with E-state index in [0.29, 0.717) is 5.56 Å². The summed E-state index contributed by atoms with van der Waals surface area (Å²) >= 11 is 17.4. The normalized spacial score (nSPS) is 15.1. The highest BCUT2D eigenvalue weighted by Gasteiger charge is 2.35. The Kier molecular flexibility index (Phi) is 6.79. The van der Waals surface area contributed by atoms with E-state index < -0.39 is 24.4 Å². The molecule has 2 amide bonds. The molecule has 0 aliphatic carbocycles. The highest BCUT2D eigenvalue weighted by Crippen LogP contribution is 2.35. The van der Waals surface area contributed by atoms with Crippen molar-refractivity contribution in [3.05, 3.63) is 57.6 Å². The van der Waals surface area contributed by atoms with Crippen LogP contribution in [0.15, 0.2) is 42.0 Å². The van der Waals surface area contributed by atoms with Crippen LogP contribution in [-0.2, 0) is 14.4 Å². The zero-order valence-electron chi connectivity index (χ0n) is 15.8. The van der Waals surface area contributed by atoms with Crippen molar-refractivity contribution in [1.29, 1.82) is 0 Å². The molecule has 2 N–H and O–H groups in total. The molecule has 0 unspecified atom stereocenters. The number of nitrogens with one attached hydrogen (secondary N) is 1. The Morgan fingerprint density at radius 2 is 1.97 bits per heavy atom. The van der Waals surface area contributed by atoms with Crippen molar-refractivity contribution in [3.63, 3.8) is 0 Å². The maximum atomic E-state index is 13.1. The fraction of sp³-hybridized carbons (Fsp3) is 0.100. The number of carbonyl (C=O) groups is 3. The SMILES string of the molecule is COc1cc(/C=C2/C(=O)NC(=S)N(c3cccc(Cl)c3Cl)C2=O)ccc1OCC(=O)O. The summed E-state index contributed by atoms with van der Waals surface area (Å²) < 4.78 is 10.3. The predicted molar refractivity (Wildman–Crippen MR) is 119 cm³/mol. The van der Waals surface area contributed by atoms with Gasteiger partial charge in [-0.3, -0.25) is 19.8 Å². The number of carboxylic acid groups (broad SMARTS) is 1. The first-order chi connectivity index (χ1) is 14.7. The van der Waals surface area contributed by atoms with Crippen LogP contribution in [0, 0.1) is 0 Å². The number of thiocarbonyl (C=S) groups is 1. The Hall–Kier alpha value is -3.14. The Balaban J connectivity index is 1.98. The predicted octanol–water partition coefficient (Wildman–Crippen LogP) is 3.30. The first-order valence-electron chi connectivity index (χ1n) is 8.61. The second-order valence-electron chi connectivity index (χ2n) is 6.12. The van der Waals surface area contributed by atoms with Crippen molar-refractivity contribution in [2.24, 2.45) is 0 Å².